The second kappa shape index (κ2) is 9.47. The largest absolute Gasteiger partial charge is 0.444 e. The van der Waals surface area contributed by atoms with Gasteiger partial charge < -0.3 is 19.4 Å². The molecule has 0 saturated carbocycles. The van der Waals surface area contributed by atoms with E-state index in [-0.39, 0.29) is 5.89 Å². The SMILES string of the molecule is CN(CCc1nnc(-c2cccnc2Nc2ccc(C(F)(F)F)cc2)o1)C(=O)OC(C)(C)C. The number of benzene rings is 1. The summed E-state index contributed by atoms with van der Waals surface area (Å²) in [7, 11) is 1.61. The number of likely N-dealkylation sites (N-methyl/N-ethyl adjacent to an activating group) is 1. The number of carbonyl (C=O) groups excluding carboxylic acids is 1. The van der Waals surface area contributed by atoms with Crippen LogP contribution in [0.25, 0.3) is 11.5 Å². The number of amides is 1. The van der Waals surface area contributed by atoms with Gasteiger partial charge in [-0.05, 0) is 57.2 Å². The molecule has 0 aliphatic carbocycles. The van der Waals surface area contributed by atoms with Gasteiger partial charge in [-0.15, -0.1) is 10.2 Å². The van der Waals surface area contributed by atoms with Gasteiger partial charge in [0.2, 0.25) is 5.89 Å². The number of pyridine rings is 1. The number of hydrogen-bond donors (Lipinski definition) is 1. The molecule has 0 aliphatic rings. The Bertz CT molecular complexity index is 1090. The van der Waals surface area contributed by atoms with Crippen molar-refractivity contribution in [2.24, 2.45) is 0 Å². The van der Waals surface area contributed by atoms with Gasteiger partial charge in [0.05, 0.1) is 11.1 Å². The van der Waals surface area contributed by atoms with Gasteiger partial charge in [0, 0.05) is 31.9 Å². The molecule has 0 unspecified atom stereocenters. The topological polar surface area (TPSA) is 93.4 Å². The molecule has 11 heteroatoms. The van der Waals surface area contributed by atoms with E-state index in [0.717, 1.165) is 12.1 Å². The number of rotatable bonds is 6. The number of carbonyl (C=O) groups is 1. The second-order valence-electron chi connectivity index (χ2n) is 8.25. The van der Waals surface area contributed by atoms with Crippen molar-refractivity contribution in [1.29, 1.82) is 0 Å². The summed E-state index contributed by atoms with van der Waals surface area (Å²) in [6.45, 7) is 5.66. The van der Waals surface area contributed by atoms with Crippen molar-refractivity contribution in [3.8, 4) is 11.5 Å². The van der Waals surface area contributed by atoms with Crippen LogP contribution in [0.15, 0.2) is 47.0 Å². The van der Waals surface area contributed by atoms with E-state index in [1.807, 2.05) is 0 Å². The lowest BCUT2D eigenvalue weighted by atomic mass is 10.2. The van der Waals surface area contributed by atoms with Crippen LogP contribution in [0.2, 0.25) is 0 Å². The summed E-state index contributed by atoms with van der Waals surface area (Å²) in [5.74, 6) is 0.843. The van der Waals surface area contributed by atoms with Gasteiger partial charge in [0.25, 0.3) is 5.89 Å². The molecule has 0 fully saturated rings. The Morgan fingerprint density at radius 1 is 1.12 bits per heavy atom. The number of hydrogen-bond acceptors (Lipinski definition) is 7. The lowest BCUT2D eigenvalue weighted by molar-refractivity contribution is -0.137. The Labute approximate surface area is 188 Å². The van der Waals surface area contributed by atoms with Gasteiger partial charge in [0.15, 0.2) is 0 Å². The number of nitrogens with zero attached hydrogens (tertiary/aromatic N) is 4. The number of nitrogens with one attached hydrogen (secondary N) is 1. The van der Waals surface area contributed by atoms with Crippen molar-refractivity contribution in [2.45, 2.75) is 39.0 Å². The molecule has 33 heavy (non-hydrogen) atoms. The Morgan fingerprint density at radius 3 is 2.45 bits per heavy atom. The molecule has 0 aliphatic heterocycles. The molecular weight excluding hydrogens is 439 g/mol. The minimum absolute atomic E-state index is 0.187. The Hall–Kier alpha value is -3.63. The van der Waals surface area contributed by atoms with Crippen molar-refractivity contribution < 1.29 is 27.1 Å². The van der Waals surface area contributed by atoms with E-state index in [2.05, 4.69) is 20.5 Å². The van der Waals surface area contributed by atoms with Crippen molar-refractivity contribution in [2.75, 3.05) is 18.9 Å². The predicted molar refractivity (Wildman–Crippen MR) is 115 cm³/mol. The second-order valence-corrected chi connectivity index (χ2v) is 8.25. The monoisotopic (exact) mass is 463 g/mol. The lowest BCUT2D eigenvalue weighted by Crippen LogP contribution is -2.35. The fraction of sp³-hybridized carbons (Fsp3) is 0.364. The van der Waals surface area contributed by atoms with Crippen LogP contribution in [0.1, 0.15) is 32.2 Å². The van der Waals surface area contributed by atoms with Crippen molar-refractivity contribution in [3.63, 3.8) is 0 Å². The summed E-state index contributed by atoms with van der Waals surface area (Å²) >= 11 is 0. The summed E-state index contributed by atoms with van der Waals surface area (Å²) in [6.07, 6.45) is -3.03. The van der Waals surface area contributed by atoms with Crippen LogP contribution in [0.5, 0.6) is 0 Å². The van der Waals surface area contributed by atoms with E-state index in [1.54, 1.807) is 40.0 Å². The summed E-state index contributed by atoms with van der Waals surface area (Å²) < 4.78 is 49.3. The van der Waals surface area contributed by atoms with Gasteiger partial charge in [-0.1, -0.05) is 0 Å². The number of anilines is 2. The third kappa shape index (κ3) is 6.67. The summed E-state index contributed by atoms with van der Waals surface area (Å²) in [6, 6.07) is 7.96. The maximum absolute atomic E-state index is 12.8. The van der Waals surface area contributed by atoms with Crippen LogP contribution < -0.4 is 5.32 Å². The highest BCUT2D eigenvalue weighted by atomic mass is 19.4. The molecule has 3 rings (SSSR count). The van der Waals surface area contributed by atoms with E-state index < -0.39 is 23.4 Å². The molecule has 0 spiro atoms. The Morgan fingerprint density at radius 2 is 1.82 bits per heavy atom. The first-order valence-electron chi connectivity index (χ1n) is 10.1. The molecule has 2 heterocycles. The summed E-state index contributed by atoms with van der Waals surface area (Å²) in [5, 5.41) is 11.0. The normalized spacial score (nSPS) is 11.8. The summed E-state index contributed by atoms with van der Waals surface area (Å²) in [5.41, 5.74) is -0.440. The molecule has 3 aromatic rings. The zero-order valence-electron chi connectivity index (χ0n) is 18.6. The van der Waals surface area contributed by atoms with E-state index in [0.29, 0.717) is 35.9 Å². The van der Waals surface area contributed by atoms with Gasteiger partial charge in [-0.2, -0.15) is 13.2 Å². The van der Waals surface area contributed by atoms with Crippen LogP contribution in [0.4, 0.5) is 29.5 Å². The number of ether oxygens (including phenoxy) is 1. The molecule has 2 aromatic heterocycles. The molecule has 1 aromatic carbocycles. The van der Waals surface area contributed by atoms with Crippen molar-refractivity contribution in [3.05, 3.63) is 54.0 Å². The van der Waals surface area contributed by atoms with E-state index in [4.69, 9.17) is 9.15 Å². The quantitative estimate of drug-likeness (QED) is 0.530. The Kier molecular flexibility index (Phi) is 6.89. The van der Waals surface area contributed by atoms with Crippen LogP contribution in [-0.4, -0.2) is 45.4 Å². The third-order valence-electron chi connectivity index (χ3n) is 4.35. The number of alkyl halides is 3. The molecule has 0 bridgehead atoms. The third-order valence-corrected chi connectivity index (χ3v) is 4.35. The molecule has 0 atom stereocenters. The van der Waals surface area contributed by atoms with Gasteiger partial charge in [-0.3, -0.25) is 0 Å². The minimum atomic E-state index is -4.41. The first-order chi connectivity index (χ1) is 15.4. The molecule has 176 valence electrons. The first kappa shape index (κ1) is 24.0. The molecular formula is C22H24F3N5O3. The van der Waals surface area contributed by atoms with Gasteiger partial charge in [0.1, 0.15) is 11.4 Å². The van der Waals surface area contributed by atoms with E-state index in [1.165, 1.54) is 23.2 Å². The first-order valence-corrected chi connectivity index (χ1v) is 10.1. The highest BCUT2D eigenvalue weighted by molar-refractivity contribution is 5.73. The summed E-state index contributed by atoms with van der Waals surface area (Å²) in [4.78, 5) is 17.7. The predicted octanol–water partition coefficient (Wildman–Crippen LogP) is 5.30. The van der Waals surface area contributed by atoms with Crippen LogP contribution in [-0.2, 0) is 17.3 Å². The zero-order chi connectivity index (χ0) is 24.2. The fourth-order valence-electron chi connectivity index (χ4n) is 2.71. The van der Waals surface area contributed by atoms with E-state index in [9.17, 15) is 18.0 Å². The van der Waals surface area contributed by atoms with Crippen LogP contribution in [0.3, 0.4) is 0 Å². The van der Waals surface area contributed by atoms with Crippen LogP contribution >= 0.6 is 0 Å². The highest BCUT2D eigenvalue weighted by Crippen LogP contribution is 2.31. The molecule has 1 amide bonds. The van der Waals surface area contributed by atoms with E-state index >= 15 is 0 Å². The van der Waals surface area contributed by atoms with Crippen molar-refractivity contribution in [1.82, 2.24) is 20.1 Å². The highest BCUT2D eigenvalue weighted by Gasteiger charge is 2.30. The number of halogens is 3. The Balaban J connectivity index is 1.69. The smallest absolute Gasteiger partial charge is 0.416 e. The van der Waals surface area contributed by atoms with Gasteiger partial charge in [-0.25, -0.2) is 9.78 Å². The maximum Gasteiger partial charge on any atom is 0.416 e. The molecule has 8 nitrogen and oxygen atoms in total. The molecule has 1 N–H and O–H groups in total. The average molecular weight is 463 g/mol. The zero-order valence-corrected chi connectivity index (χ0v) is 18.6. The average Bonchev–Trinajstić information content (AvgIpc) is 3.20. The standard InChI is InChI=1S/C22H24F3N5O3/c1-21(2,3)33-20(31)30(4)13-11-17-28-29-19(32-17)16-6-5-12-26-18(16)27-15-9-7-14(8-10-15)22(23,24)25/h5-10,12H,11,13H2,1-4H3,(H,26,27). The van der Waals surface area contributed by atoms with Gasteiger partial charge >= 0.3 is 12.3 Å². The van der Waals surface area contributed by atoms with Crippen molar-refractivity contribution >= 4 is 17.6 Å². The maximum atomic E-state index is 12.8. The van der Waals surface area contributed by atoms with Crippen LogP contribution in [0, 0.1) is 0 Å². The molecule has 0 saturated heterocycles. The number of aromatic nitrogens is 3. The lowest BCUT2D eigenvalue weighted by Gasteiger charge is -2.24. The minimum Gasteiger partial charge on any atom is -0.444 e. The fourth-order valence-corrected chi connectivity index (χ4v) is 2.71. The molecule has 0 radical (unpaired) electrons.